The number of carbonyl (C=O) groups is 2. The summed E-state index contributed by atoms with van der Waals surface area (Å²) in [6.07, 6.45) is 3.91. The Labute approximate surface area is 182 Å². The maximum atomic E-state index is 13.1. The molecule has 1 amide bonds. The number of hydrogen-bond donors (Lipinski definition) is 1. The quantitative estimate of drug-likeness (QED) is 0.719. The predicted octanol–water partition coefficient (Wildman–Crippen LogP) is 3.00. The second-order valence-electron chi connectivity index (χ2n) is 8.02. The molecule has 164 valence electrons. The van der Waals surface area contributed by atoms with E-state index in [2.05, 4.69) is 5.32 Å². The molecule has 0 radical (unpaired) electrons. The topological polar surface area (TPSA) is 92.8 Å². The Morgan fingerprint density at radius 3 is 2.52 bits per heavy atom. The first-order chi connectivity index (χ1) is 14.9. The van der Waals surface area contributed by atoms with Crippen molar-refractivity contribution in [3.8, 4) is 0 Å². The first-order valence-electron chi connectivity index (χ1n) is 10.5. The Morgan fingerprint density at radius 1 is 1.03 bits per heavy atom. The van der Waals surface area contributed by atoms with Gasteiger partial charge in [0, 0.05) is 24.7 Å². The molecule has 8 heteroatoms. The van der Waals surface area contributed by atoms with Crippen LogP contribution < -0.4 is 5.32 Å². The second kappa shape index (κ2) is 8.80. The van der Waals surface area contributed by atoms with Gasteiger partial charge in [-0.3, -0.25) is 4.79 Å². The van der Waals surface area contributed by atoms with Gasteiger partial charge in [0.1, 0.15) is 0 Å². The number of amides is 1. The summed E-state index contributed by atoms with van der Waals surface area (Å²) in [7, 11) is -2.26. The van der Waals surface area contributed by atoms with Gasteiger partial charge in [-0.2, -0.15) is 4.31 Å². The van der Waals surface area contributed by atoms with Crippen LogP contribution in [0.5, 0.6) is 0 Å². The molecule has 2 aromatic carbocycles. The lowest BCUT2D eigenvalue weighted by molar-refractivity contribution is -0.120. The van der Waals surface area contributed by atoms with E-state index in [1.165, 1.54) is 17.0 Å². The zero-order valence-corrected chi connectivity index (χ0v) is 18.3. The molecular weight excluding hydrogens is 416 g/mol. The third-order valence-corrected chi connectivity index (χ3v) is 7.98. The summed E-state index contributed by atoms with van der Waals surface area (Å²) >= 11 is 0. The van der Waals surface area contributed by atoms with Gasteiger partial charge in [-0.1, -0.05) is 12.1 Å². The van der Waals surface area contributed by atoms with E-state index in [0.717, 1.165) is 24.8 Å². The molecule has 1 fully saturated rings. The first-order valence-corrected chi connectivity index (χ1v) is 11.9. The van der Waals surface area contributed by atoms with Gasteiger partial charge in [0.05, 0.1) is 17.6 Å². The molecule has 2 aromatic rings. The van der Waals surface area contributed by atoms with Crippen molar-refractivity contribution in [1.29, 1.82) is 0 Å². The standard InChI is InChI=1S/C23H26N2O5S/c1-30-23(27)19-6-3-7-20(14-19)24-22(26)17-10-12-25(13-11-17)31(28,29)21-9-8-16-4-2-5-18(16)15-21/h3,6-9,14-15,17H,2,4-5,10-13H2,1H3,(H,24,26). The summed E-state index contributed by atoms with van der Waals surface area (Å²) < 4.78 is 32.3. The van der Waals surface area contributed by atoms with Crippen LogP contribution in [0.25, 0.3) is 0 Å². The van der Waals surface area contributed by atoms with E-state index in [0.29, 0.717) is 42.1 Å². The van der Waals surface area contributed by atoms with Crippen LogP contribution in [-0.2, 0) is 32.4 Å². The molecule has 0 unspecified atom stereocenters. The van der Waals surface area contributed by atoms with E-state index in [1.807, 2.05) is 12.1 Å². The highest BCUT2D eigenvalue weighted by Crippen LogP contribution is 2.29. The molecule has 31 heavy (non-hydrogen) atoms. The fourth-order valence-electron chi connectivity index (χ4n) is 4.30. The summed E-state index contributed by atoms with van der Waals surface area (Å²) in [4.78, 5) is 24.7. The van der Waals surface area contributed by atoms with Crippen molar-refractivity contribution in [2.75, 3.05) is 25.5 Å². The van der Waals surface area contributed by atoms with E-state index in [4.69, 9.17) is 4.74 Å². The minimum atomic E-state index is -3.56. The van der Waals surface area contributed by atoms with Crippen LogP contribution in [0.3, 0.4) is 0 Å². The Balaban J connectivity index is 1.38. The van der Waals surface area contributed by atoms with Gasteiger partial charge in [0.25, 0.3) is 0 Å². The number of rotatable bonds is 5. The summed E-state index contributed by atoms with van der Waals surface area (Å²) in [5, 5.41) is 2.83. The average Bonchev–Trinajstić information content (AvgIpc) is 3.27. The molecule has 0 saturated carbocycles. The highest BCUT2D eigenvalue weighted by Gasteiger charge is 2.32. The molecule has 7 nitrogen and oxygen atoms in total. The van der Waals surface area contributed by atoms with Crippen LogP contribution in [-0.4, -0.2) is 44.8 Å². The van der Waals surface area contributed by atoms with Crippen LogP contribution in [0.15, 0.2) is 47.4 Å². The molecule has 1 N–H and O–H groups in total. The van der Waals surface area contributed by atoms with E-state index < -0.39 is 16.0 Å². The molecule has 1 heterocycles. The van der Waals surface area contributed by atoms with Gasteiger partial charge in [0.2, 0.25) is 15.9 Å². The molecule has 4 rings (SSSR count). The number of carbonyl (C=O) groups excluding carboxylic acids is 2. The predicted molar refractivity (Wildman–Crippen MR) is 116 cm³/mol. The molecule has 0 aromatic heterocycles. The lowest BCUT2D eigenvalue weighted by Gasteiger charge is -2.30. The Morgan fingerprint density at radius 2 is 1.77 bits per heavy atom. The van der Waals surface area contributed by atoms with Gasteiger partial charge in [-0.25, -0.2) is 13.2 Å². The minimum absolute atomic E-state index is 0.170. The number of esters is 1. The van der Waals surface area contributed by atoms with Crippen molar-refractivity contribution in [3.05, 3.63) is 59.2 Å². The fraction of sp³-hybridized carbons (Fsp3) is 0.391. The highest BCUT2D eigenvalue weighted by molar-refractivity contribution is 7.89. The molecule has 0 atom stereocenters. The summed E-state index contributed by atoms with van der Waals surface area (Å²) in [5.74, 6) is -0.925. The summed E-state index contributed by atoms with van der Waals surface area (Å²) in [6, 6.07) is 12.0. The Hall–Kier alpha value is -2.71. The number of nitrogens with zero attached hydrogens (tertiary/aromatic N) is 1. The number of sulfonamides is 1. The maximum absolute atomic E-state index is 13.1. The highest BCUT2D eigenvalue weighted by atomic mass is 32.2. The maximum Gasteiger partial charge on any atom is 0.337 e. The van der Waals surface area contributed by atoms with Crippen molar-refractivity contribution >= 4 is 27.6 Å². The van der Waals surface area contributed by atoms with Gasteiger partial charge in [-0.05, 0) is 73.6 Å². The molecule has 0 spiro atoms. The van der Waals surface area contributed by atoms with Crippen molar-refractivity contribution in [2.24, 2.45) is 5.92 Å². The number of hydrogen-bond acceptors (Lipinski definition) is 5. The van der Waals surface area contributed by atoms with Gasteiger partial charge < -0.3 is 10.1 Å². The lowest BCUT2D eigenvalue weighted by atomic mass is 9.97. The second-order valence-corrected chi connectivity index (χ2v) is 9.96. The van der Waals surface area contributed by atoms with Crippen molar-refractivity contribution in [2.45, 2.75) is 37.0 Å². The van der Waals surface area contributed by atoms with Crippen LogP contribution in [0, 0.1) is 5.92 Å². The van der Waals surface area contributed by atoms with Crippen LogP contribution in [0.4, 0.5) is 5.69 Å². The van der Waals surface area contributed by atoms with Crippen LogP contribution >= 0.6 is 0 Å². The Kier molecular flexibility index (Phi) is 6.11. The molecule has 0 bridgehead atoms. The summed E-state index contributed by atoms with van der Waals surface area (Å²) in [6.45, 7) is 0.611. The van der Waals surface area contributed by atoms with E-state index in [1.54, 1.807) is 30.3 Å². The van der Waals surface area contributed by atoms with Crippen molar-refractivity contribution in [1.82, 2.24) is 4.31 Å². The molecule has 1 saturated heterocycles. The third kappa shape index (κ3) is 4.50. The van der Waals surface area contributed by atoms with Crippen LogP contribution in [0.2, 0.25) is 0 Å². The summed E-state index contributed by atoms with van der Waals surface area (Å²) in [5.41, 5.74) is 3.24. The number of piperidine rings is 1. The molecule has 2 aliphatic rings. The number of nitrogens with one attached hydrogen (secondary N) is 1. The number of benzene rings is 2. The number of methoxy groups -OCH3 is 1. The smallest absolute Gasteiger partial charge is 0.337 e. The van der Waals surface area contributed by atoms with E-state index in [9.17, 15) is 18.0 Å². The van der Waals surface area contributed by atoms with Crippen LogP contribution in [0.1, 0.15) is 40.7 Å². The van der Waals surface area contributed by atoms with E-state index >= 15 is 0 Å². The van der Waals surface area contributed by atoms with E-state index in [-0.39, 0.29) is 11.8 Å². The SMILES string of the molecule is COC(=O)c1cccc(NC(=O)C2CCN(S(=O)(=O)c3ccc4c(c3)CCC4)CC2)c1. The normalized spacial score (nSPS) is 17.2. The minimum Gasteiger partial charge on any atom is -0.465 e. The van der Waals surface area contributed by atoms with Crippen molar-refractivity contribution < 1.29 is 22.7 Å². The van der Waals surface area contributed by atoms with Gasteiger partial charge in [0.15, 0.2) is 0 Å². The Bertz CT molecular complexity index is 1100. The zero-order valence-electron chi connectivity index (χ0n) is 17.5. The largest absolute Gasteiger partial charge is 0.465 e. The van der Waals surface area contributed by atoms with Gasteiger partial charge >= 0.3 is 5.97 Å². The molecule has 1 aliphatic carbocycles. The number of anilines is 1. The van der Waals surface area contributed by atoms with Gasteiger partial charge in [-0.15, -0.1) is 0 Å². The fourth-order valence-corrected chi connectivity index (χ4v) is 5.82. The first kappa shape index (κ1) is 21.5. The number of aryl methyl sites for hydroxylation is 2. The lowest BCUT2D eigenvalue weighted by Crippen LogP contribution is -2.41. The molecular formula is C23H26N2O5S. The number of fused-ring (bicyclic) bond motifs is 1. The van der Waals surface area contributed by atoms with Crippen molar-refractivity contribution in [3.63, 3.8) is 0 Å². The zero-order chi connectivity index (χ0) is 22.0. The third-order valence-electron chi connectivity index (χ3n) is 6.08. The molecule has 1 aliphatic heterocycles. The average molecular weight is 443 g/mol. The monoisotopic (exact) mass is 442 g/mol. The number of ether oxygens (including phenoxy) is 1.